The molecule has 0 radical (unpaired) electrons. The second kappa shape index (κ2) is 10.5. The number of allylic oxidation sites excluding steroid dienone is 1. The average Bonchev–Trinajstić information content (AvgIpc) is 2.85. The lowest BCUT2D eigenvalue weighted by Crippen LogP contribution is -2.35. The molecule has 1 aliphatic heterocycles. The van der Waals surface area contributed by atoms with Crippen LogP contribution in [0.1, 0.15) is 71.1 Å². The fourth-order valence-electron chi connectivity index (χ4n) is 4.66. The lowest BCUT2D eigenvalue weighted by Gasteiger charge is -2.35. The third-order valence-corrected chi connectivity index (χ3v) is 8.32. The van der Waals surface area contributed by atoms with Crippen LogP contribution in [0, 0.1) is 0 Å². The standard InChI is InChI=1S/C21H32NOS.Al.2ClH/c1-3-24-21(23)15-14-20-18(16-21)17-12-10-8-6-4-5-7-9-11-13-19(17)22(20)2;;;/h14-16,20H,3-13H2,1-2H3;;2*1H/q-1;+3;;/p-2. The van der Waals surface area contributed by atoms with Gasteiger partial charge in [-0.15, -0.1) is 11.8 Å². The Labute approximate surface area is 182 Å². The Hall–Kier alpha value is 0.442. The fourth-order valence-corrected chi connectivity index (χ4v) is 7.69. The minimum Gasteiger partial charge on any atom is -0.458 e. The Morgan fingerprint density at radius 1 is 1.11 bits per heavy atom. The molecule has 0 amide bonds. The highest BCUT2D eigenvalue weighted by molar-refractivity contribution is 8.00. The van der Waals surface area contributed by atoms with Gasteiger partial charge in [-0.05, 0) is 54.7 Å². The van der Waals surface area contributed by atoms with Gasteiger partial charge < -0.3 is 8.69 Å². The molecule has 0 bridgehead atoms. The van der Waals surface area contributed by atoms with E-state index in [1.807, 2.05) is 0 Å². The normalized spacial score (nSPS) is 29.6. The molecule has 0 aromatic rings. The largest absolute Gasteiger partial charge is 0.727 e. The number of hydrogen-bond acceptors (Lipinski definition) is 3. The Balaban J connectivity index is 1.91. The Bertz CT molecular complexity index is 607. The lowest BCUT2D eigenvalue weighted by molar-refractivity contribution is 0.274. The van der Waals surface area contributed by atoms with E-state index in [2.05, 4.69) is 37.1 Å². The van der Waals surface area contributed by atoms with Crippen molar-refractivity contribution in [3.05, 3.63) is 35.1 Å². The minimum atomic E-state index is -2.18. The van der Waals surface area contributed by atoms with Crippen LogP contribution >= 0.6 is 31.9 Å². The molecule has 3 aliphatic rings. The van der Waals surface area contributed by atoms with E-state index < -0.39 is 17.6 Å². The highest BCUT2D eigenvalue weighted by Gasteiger charge is 2.40. The van der Waals surface area contributed by atoms with Gasteiger partial charge in [0.05, 0.1) is 6.04 Å². The lowest BCUT2D eigenvalue weighted by atomic mass is 9.90. The van der Waals surface area contributed by atoms with Crippen molar-refractivity contribution >= 4 is 44.5 Å². The van der Waals surface area contributed by atoms with Crippen molar-refractivity contribution in [2.45, 2.75) is 82.1 Å². The van der Waals surface area contributed by atoms with Crippen molar-refractivity contribution in [1.29, 1.82) is 0 Å². The molecule has 27 heavy (non-hydrogen) atoms. The highest BCUT2D eigenvalue weighted by Crippen LogP contribution is 2.45. The second-order valence-electron chi connectivity index (χ2n) is 7.80. The van der Waals surface area contributed by atoms with Crippen LogP contribution in [0.3, 0.4) is 0 Å². The van der Waals surface area contributed by atoms with Crippen LogP contribution in [0.15, 0.2) is 35.1 Å². The monoisotopic (exact) mass is 443 g/mol. The predicted molar refractivity (Wildman–Crippen MR) is 121 cm³/mol. The quantitative estimate of drug-likeness (QED) is 0.266. The summed E-state index contributed by atoms with van der Waals surface area (Å²) in [6.07, 6.45) is 20.1. The topological polar surface area (TPSA) is 12.5 Å². The summed E-state index contributed by atoms with van der Waals surface area (Å²) in [5.41, 5.74) is 4.56. The maximum atomic E-state index is 6.15. The van der Waals surface area contributed by atoms with E-state index in [1.54, 1.807) is 23.0 Å². The molecular weight excluding hydrogens is 412 g/mol. The average molecular weight is 444 g/mol. The van der Waals surface area contributed by atoms with Gasteiger partial charge in [0.2, 0.25) is 0 Å². The molecule has 0 saturated carbocycles. The summed E-state index contributed by atoms with van der Waals surface area (Å²) >= 11 is -0.397. The number of fused-ring (bicyclic) bond motifs is 2. The molecular formula is C21H32AlCl2NOS. The maximum Gasteiger partial charge on any atom is 0.727 e. The molecule has 0 fully saturated rings. The molecule has 0 saturated heterocycles. The highest BCUT2D eigenvalue weighted by atomic mass is 35.7. The molecule has 3 rings (SSSR count). The van der Waals surface area contributed by atoms with Crippen LogP contribution in [0.5, 0.6) is 0 Å². The molecule has 2 atom stereocenters. The van der Waals surface area contributed by atoms with Gasteiger partial charge in [-0.3, -0.25) is 0 Å². The first-order valence-electron chi connectivity index (χ1n) is 10.5. The molecule has 6 heteroatoms. The summed E-state index contributed by atoms with van der Waals surface area (Å²) in [5.74, 6) is 0.968. The van der Waals surface area contributed by atoms with Crippen molar-refractivity contribution in [2.75, 3.05) is 12.8 Å². The van der Waals surface area contributed by atoms with Crippen LogP contribution in [0.4, 0.5) is 0 Å². The molecule has 0 N–H and O–H groups in total. The third kappa shape index (κ3) is 5.53. The fraction of sp³-hybridized carbons (Fsp3) is 0.714. The van der Waals surface area contributed by atoms with Crippen molar-refractivity contribution in [1.82, 2.24) is 4.90 Å². The molecule has 0 spiro atoms. The Kier molecular flexibility index (Phi) is 8.58. The molecule has 1 heterocycles. The van der Waals surface area contributed by atoms with Crippen LogP contribution in [0.25, 0.3) is 0 Å². The van der Waals surface area contributed by atoms with Gasteiger partial charge in [0.15, 0.2) is 0 Å². The number of likely N-dealkylation sites (N-methyl/N-ethyl adjacent to an activating group) is 1. The van der Waals surface area contributed by atoms with E-state index in [9.17, 15) is 0 Å². The zero-order valence-electron chi connectivity index (χ0n) is 16.7. The zero-order valence-corrected chi connectivity index (χ0v) is 20.2. The molecule has 0 aromatic heterocycles. The number of rotatable bonds is 4. The van der Waals surface area contributed by atoms with Crippen LogP contribution in [0.2, 0.25) is 0 Å². The predicted octanol–water partition coefficient (Wildman–Crippen LogP) is 6.89. The first-order valence-corrected chi connectivity index (χ1v) is 15.5. The number of thioether (sulfide) groups is 1. The summed E-state index contributed by atoms with van der Waals surface area (Å²) in [4.78, 5) is 2.01. The van der Waals surface area contributed by atoms with Gasteiger partial charge in [-0.2, -0.15) is 20.1 Å². The van der Waals surface area contributed by atoms with E-state index in [-0.39, 0.29) is 0 Å². The summed E-state index contributed by atoms with van der Waals surface area (Å²) in [5, 5.41) is 0. The van der Waals surface area contributed by atoms with Gasteiger partial charge >= 0.3 is 12.6 Å². The number of nitrogens with zero attached hydrogens (tertiary/aromatic N) is 1. The van der Waals surface area contributed by atoms with Crippen molar-refractivity contribution < 1.29 is 3.79 Å². The van der Waals surface area contributed by atoms with Crippen LogP contribution < -0.4 is 0 Å². The molecule has 150 valence electrons. The van der Waals surface area contributed by atoms with Gasteiger partial charge in [0.1, 0.15) is 4.93 Å². The van der Waals surface area contributed by atoms with Gasteiger partial charge in [0.25, 0.3) is 0 Å². The van der Waals surface area contributed by atoms with E-state index in [0.29, 0.717) is 6.04 Å². The van der Waals surface area contributed by atoms with Crippen LogP contribution in [-0.4, -0.2) is 41.3 Å². The SMILES string of the molecule is CCSC1([O][Al]([Cl])[Cl])C=CC2C(=C1)C1=C(CCCCCCCCCC1)N2C. The minimum absolute atomic E-state index is 0.347. The van der Waals surface area contributed by atoms with Crippen molar-refractivity contribution in [3.8, 4) is 0 Å². The zero-order chi connectivity index (χ0) is 19.3. The van der Waals surface area contributed by atoms with E-state index in [0.717, 1.165) is 5.75 Å². The first kappa shape index (κ1) is 22.1. The summed E-state index contributed by atoms with van der Waals surface area (Å²) < 4.78 is 6.11. The maximum absolute atomic E-state index is 6.15. The van der Waals surface area contributed by atoms with Crippen molar-refractivity contribution in [3.63, 3.8) is 0 Å². The van der Waals surface area contributed by atoms with E-state index in [1.165, 1.54) is 69.8 Å². The molecule has 2 aliphatic carbocycles. The summed E-state index contributed by atoms with van der Waals surface area (Å²) in [6.45, 7) is 2.16. The summed E-state index contributed by atoms with van der Waals surface area (Å²) in [6, 6.07) is 0.347. The van der Waals surface area contributed by atoms with E-state index in [4.69, 9.17) is 23.9 Å². The second-order valence-corrected chi connectivity index (χ2v) is 13.1. The summed E-state index contributed by atoms with van der Waals surface area (Å²) in [7, 11) is 14.6. The van der Waals surface area contributed by atoms with Gasteiger partial charge in [-0.1, -0.05) is 51.5 Å². The molecule has 2 nitrogen and oxygen atoms in total. The van der Waals surface area contributed by atoms with Crippen molar-refractivity contribution in [2.24, 2.45) is 0 Å². The molecule has 0 aromatic carbocycles. The first-order chi connectivity index (χ1) is 13.1. The van der Waals surface area contributed by atoms with Crippen LogP contribution in [-0.2, 0) is 3.79 Å². The van der Waals surface area contributed by atoms with Gasteiger partial charge in [-0.25, -0.2) is 0 Å². The Morgan fingerprint density at radius 2 is 1.74 bits per heavy atom. The van der Waals surface area contributed by atoms with Gasteiger partial charge in [0, 0.05) is 12.7 Å². The van der Waals surface area contributed by atoms with E-state index >= 15 is 0 Å². The number of hydrogen-bond donors (Lipinski definition) is 0. The third-order valence-electron chi connectivity index (χ3n) is 5.96. The number of halogens is 2. The smallest absolute Gasteiger partial charge is 0.458 e. The molecule has 2 unspecified atom stereocenters. The Morgan fingerprint density at radius 3 is 2.37 bits per heavy atom.